The summed E-state index contributed by atoms with van der Waals surface area (Å²) < 4.78 is 22.1. The monoisotopic (exact) mass is 694 g/mol. The van der Waals surface area contributed by atoms with Crippen molar-refractivity contribution in [2.24, 2.45) is 0 Å². The molecule has 1 atom stereocenters. The number of amides is 2. The van der Waals surface area contributed by atoms with Gasteiger partial charge in [-0.1, -0.05) is 56.9 Å². The molecule has 10 nitrogen and oxygen atoms in total. The van der Waals surface area contributed by atoms with Gasteiger partial charge in [-0.15, -0.1) is 0 Å². The van der Waals surface area contributed by atoms with Crippen molar-refractivity contribution in [1.82, 2.24) is 5.32 Å². The highest BCUT2D eigenvalue weighted by molar-refractivity contribution is 5.99. The topological polar surface area (TPSA) is 129 Å². The predicted molar refractivity (Wildman–Crippen MR) is 196 cm³/mol. The molecule has 0 aliphatic carbocycles. The Morgan fingerprint density at radius 2 is 1.47 bits per heavy atom. The van der Waals surface area contributed by atoms with Gasteiger partial charge in [-0.2, -0.15) is 0 Å². The highest BCUT2D eigenvalue weighted by Gasteiger charge is 2.21. The lowest BCUT2D eigenvalue weighted by atomic mass is 10.0. The number of methoxy groups -OCH3 is 2. The smallest absolute Gasteiger partial charge is 0.343 e. The van der Waals surface area contributed by atoms with Crippen LogP contribution in [-0.4, -0.2) is 50.4 Å². The van der Waals surface area contributed by atoms with Crippen molar-refractivity contribution in [3.8, 4) is 23.0 Å². The molecule has 1 unspecified atom stereocenters. The van der Waals surface area contributed by atoms with Gasteiger partial charge in [0.15, 0.2) is 17.3 Å². The van der Waals surface area contributed by atoms with Crippen LogP contribution in [0.15, 0.2) is 91.0 Å². The molecule has 51 heavy (non-hydrogen) atoms. The standard InChI is InChI=1S/C41H46N2O8/c1-5-6-7-8-9-22-50-34-19-17-31(18-20-34)41(47)51-37-21-16-30(25-38(37)49-4)24-36(28(2)44)43-40(46)32-13-11-14-33(27-32)42-39(45)26-29-12-10-15-35(23-29)48-3/h10-21,23,25,27,36H,5-9,22,24,26H2,1-4H3,(H,42,45)(H,43,46). The molecule has 268 valence electrons. The van der Waals surface area contributed by atoms with E-state index in [-0.39, 0.29) is 35.8 Å². The molecule has 4 aromatic carbocycles. The molecule has 0 aliphatic rings. The fraction of sp³-hybridized carbons (Fsp3) is 0.317. The van der Waals surface area contributed by atoms with Crippen molar-refractivity contribution < 1.29 is 38.1 Å². The molecule has 0 spiro atoms. The van der Waals surface area contributed by atoms with Gasteiger partial charge in [0.25, 0.3) is 5.91 Å². The number of nitrogens with one attached hydrogen (secondary N) is 2. The number of unbranched alkanes of at least 4 members (excludes halogenated alkanes) is 4. The number of anilines is 1. The highest BCUT2D eigenvalue weighted by atomic mass is 16.6. The number of Topliss-reactive ketones (excluding diaryl/α,β-unsaturated/α-hetero) is 1. The molecule has 4 rings (SSSR count). The molecule has 0 radical (unpaired) electrons. The Balaban J connectivity index is 1.33. The summed E-state index contributed by atoms with van der Waals surface area (Å²) >= 11 is 0. The zero-order valence-electron chi connectivity index (χ0n) is 29.7. The number of esters is 1. The predicted octanol–water partition coefficient (Wildman–Crippen LogP) is 7.38. The van der Waals surface area contributed by atoms with E-state index in [1.165, 1.54) is 33.3 Å². The number of carbonyl (C=O) groups is 4. The summed E-state index contributed by atoms with van der Waals surface area (Å²) in [5.41, 5.74) is 2.55. The lowest BCUT2D eigenvalue weighted by molar-refractivity contribution is -0.119. The van der Waals surface area contributed by atoms with Gasteiger partial charge in [-0.05, 0) is 97.6 Å². The minimum Gasteiger partial charge on any atom is -0.497 e. The lowest BCUT2D eigenvalue weighted by Crippen LogP contribution is -2.41. The Morgan fingerprint density at radius 3 is 2.20 bits per heavy atom. The quantitative estimate of drug-likeness (QED) is 0.0591. The fourth-order valence-corrected chi connectivity index (χ4v) is 5.35. The number of hydrogen-bond donors (Lipinski definition) is 2. The molecule has 0 aliphatic heterocycles. The summed E-state index contributed by atoms with van der Waals surface area (Å²) in [5, 5.41) is 5.61. The summed E-state index contributed by atoms with van der Waals surface area (Å²) in [7, 11) is 3.02. The lowest BCUT2D eigenvalue weighted by Gasteiger charge is -2.18. The average molecular weight is 695 g/mol. The normalized spacial score (nSPS) is 11.2. The average Bonchev–Trinajstić information content (AvgIpc) is 3.13. The first-order valence-corrected chi connectivity index (χ1v) is 17.1. The third-order valence-corrected chi connectivity index (χ3v) is 8.18. The number of ketones is 1. The van der Waals surface area contributed by atoms with Gasteiger partial charge < -0.3 is 29.6 Å². The van der Waals surface area contributed by atoms with Crippen LogP contribution < -0.4 is 29.6 Å². The minimum atomic E-state index is -0.848. The van der Waals surface area contributed by atoms with Crippen LogP contribution in [0.25, 0.3) is 0 Å². The second kappa shape index (κ2) is 19.5. The van der Waals surface area contributed by atoms with Crippen LogP contribution in [0.2, 0.25) is 0 Å². The Bertz CT molecular complexity index is 1790. The number of rotatable bonds is 19. The first-order chi connectivity index (χ1) is 24.7. The van der Waals surface area contributed by atoms with E-state index in [2.05, 4.69) is 17.6 Å². The van der Waals surface area contributed by atoms with E-state index >= 15 is 0 Å². The van der Waals surface area contributed by atoms with E-state index in [0.29, 0.717) is 40.7 Å². The zero-order valence-corrected chi connectivity index (χ0v) is 29.7. The van der Waals surface area contributed by atoms with Gasteiger partial charge in [0.05, 0.1) is 38.9 Å². The van der Waals surface area contributed by atoms with Crippen molar-refractivity contribution in [2.45, 2.75) is 64.8 Å². The maximum Gasteiger partial charge on any atom is 0.343 e. The third-order valence-electron chi connectivity index (χ3n) is 8.18. The largest absolute Gasteiger partial charge is 0.497 e. The maximum atomic E-state index is 13.2. The van der Waals surface area contributed by atoms with Gasteiger partial charge in [-0.25, -0.2) is 4.79 Å². The van der Waals surface area contributed by atoms with Crippen LogP contribution in [0.3, 0.4) is 0 Å². The van der Waals surface area contributed by atoms with Crippen LogP contribution >= 0.6 is 0 Å². The number of benzene rings is 4. The summed E-state index contributed by atoms with van der Waals surface area (Å²) in [5.74, 6) is 0.336. The van der Waals surface area contributed by atoms with Gasteiger partial charge in [0.1, 0.15) is 11.5 Å². The fourth-order valence-electron chi connectivity index (χ4n) is 5.35. The third kappa shape index (κ3) is 12.0. The molecule has 10 heteroatoms. The van der Waals surface area contributed by atoms with E-state index in [0.717, 1.165) is 18.4 Å². The van der Waals surface area contributed by atoms with Crippen molar-refractivity contribution >= 4 is 29.3 Å². The van der Waals surface area contributed by atoms with E-state index in [1.54, 1.807) is 86.0 Å². The second-order valence-corrected chi connectivity index (χ2v) is 12.2. The molecular weight excluding hydrogens is 648 g/mol. The van der Waals surface area contributed by atoms with E-state index < -0.39 is 17.9 Å². The van der Waals surface area contributed by atoms with Crippen molar-refractivity contribution in [3.05, 3.63) is 113 Å². The van der Waals surface area contributed by atoms with Crippen LogP contribution in [0.4, 0.5) is 5.69 Å². The summed E-state index contributed by atoms with van der Waals surface area (Å²) in [6.45, 7) is 4.21. The molecule has 0 heterocycles. The van der Waals surface area contributed by atoms with Crippen LogP contribution in [0.5, 0.6) is 23.0 Å². The SMILES string of the molecule is CCCCCCCOc1ccc(C(=O)Oc2ccc(CC(NC(=O)c3cccc(NC(=O)Cc4cccc(OC)c4)c3)C(C)=O)cc2OC)cc1. The number of hydrogen-bond acceptors (Lipinski definition) is 8. The van der Waals surface area contributed by atoms with E-state index in [1.807, 2.05) is 12.1 Å². The van der Waals surface area contributed by atoms with E-state index in [9.17, 15) is 19.2 Å². The van der Waals surface area contributed by atoms with Gasteiger partial charge in [0, 0.05) is 11.3 Å². The Labute approximate surface area is 299 Å². The first-order valence-electron chi connectivity index (χ1n) is 17.1. The Morgan fingerprint density at radius 1 is 0.706 bits per heavy atom. The van der Waals surface area contributed by atoms with Crippen LogP contribution in [0.1, 0.15) is 77.8 Å². The second-order valence-electron chi connectivity index (χ2n) is 12.2. The molecule has 2 N–H and O–H groups in total. The molecule has 0 saturated carbocycles. The van der Waals surface area contributed by atoms with Crippen molar-refractivity contribution in [1.29, 1.82) is 0 Å². The van der Waals surface area contributed by atoms with Crippen LogP contribution in [-0.2, 0) is 22.4 Å². The highest BCUT2D eigenvalue weighted by Crippen LogP contribution is 2.30. The number of carbonyl (C=O) groups excluding carboxylic acids is 4. The summed E-state index contributed by atoms with van der Waals surface area (Å²) in [4.78, 5) is 51.4. The minimum absolute atomic E-state index is 0.128. The first kappa shape index (κ1) is 38.2. The molecule has 0 aromatic heterocycles. The van der Waals surface area contributed by atoms with Gasteiger partial charge in [-0.3, -0.25) is 14.4 Å². The van der Waals surface area contributed by atoms with Crippen molar-refractivity contribution in [3.63, 3.8) is 0 Å². The van der Waals surface area contributed by atoms with Crippen LogP contribution in [0, 0.1) is 0 Å². The molecular formula is C41H46N2O8. The Kier molecular flexibility index (Phi) is 14.6. The summed E-state index contributed by atoms with van der Waals surface area (Å²) in [6.07, 6.45) is 6.05. The van der Waals surface area contributed by atoms with Gasteiger partial charge in [0.2, 0.25) is 5.91 Å². The molecule has 4 aromatic rings. The van der Waals surface area contributed by atoms with E-state index in [4.69, 9.17) is 18.9 Å². The maximum absolute atomic E-state index is 13.2. The van der Waals surface area contributed by atoms with Crippen molar-refractivity contribution in [2.75, 3.05) is 26.1 Å². The Hall–Kier alpha value is -5.64. The summed E-state index contributed by atoms with van der Waals surface area (Å²) in [6, 6.07) is 24.7. The molecule has 0 fully saturated rings. The van der Waals surface area contributed by atoms with Gasteiger partial charge >= 0.3 is 5.97 Å². The number of ether oxygens (including phenoxy) is 4. The molecule has 0 bridgehead atoms. The molecule has 0 saturated heterocycles. The molecule has 2 amide bonds. The zero-order chi connectivity index (χ0) is 36.6.